The molecule has 186 valence electrons. The Labute approximate surface area is 221 Å². The Hall–Kier alpha value is -2.00. The van der Waals surface area contributed by atoms with Gasteiger partial charge in [-0.3, -0.25) is 4.79 Å². The number of thiophene rings is 1. The number of sulfonamides is 1. The number of hydrogen-bond acceptors (Lipinski definition) is 4. The van der Waals surface area contributed by atoms with Crippen LogP contribution in [0.15, 0.2) is 75.4 Å². The van der Waals surface area contributed by atoms with Crippen molar-refractivity contribution in [1.29, 1.82) is 0 Å². The summed E-state index contributed by atoms with van der Waals surface area (Å²) >= 11 is 5.01. The first-order valence-electron chi connectivity index (χ1n) is 12.0. The van der Waals surface area contributed by atoms with E-state index < -0.39 is 10.0 Å². The number of hydrogen-bond donors (Lipinski definition) is 0. The van der Waals surface area contributed by atoms with Crippen LogP contribution in [0.1, 0.15) is 48.1 Å². The largest absolute Gasteiger partial charge is 0.332 e. The molecule has 3 aromatic rings. The zero-order chi connectivity index (χ0) is 24.8. The molecule has 1 amide bonds. The molecule has 1 fully saturated rings. The molecule has 0 bridgehead atoms. The van der Waals surface area contributed by atoms with Crippen molar-refractivity contribution in [3.8, 4) is 0 Å². The van der Waals surface area contributed by atoms with Crippen LogP contribution in [0.25, 0.3) is 0 Å². The number of nitrogens with zero attached hydrogens (tertiary/aromatic N) is 2. The van der Waals surface area contributed by atoms with Gasteiger partial charge in [-0.25, -0.2) is 8.42 Å². The van der Waals surface area contributed by atoms with Crippen LogP contribution in [0, 0.1) is 6.92 Å². The van der Waals surface area contributed by atoms with E-state index in [1.807, 2.05) is 42.6 Å². The molecule has 2 aromatic carbocycles. The Morgan fingerprint density at radius 3 is 2.29 bits per heavy atom. The number of benzene rings is 2. The van der Waals surface area contributed by atoms with E-state index in [0.29, 0.717) is 13.1 Å². The third-order valence-corrected chi connectivity index (χ3v) is 10.0. The van der Waals surface area contributed by atoms with Crippen LogP contribution in [0.5, 0.6) is 0 Å². The second-order valence-electron chi connectivity index (χ2n) is 9.06. The standard InChI is InChI=1S/C27H31BrN2O3S2/c1-21-16-17-34-26(21)19-29(18-22-8-4-2-5-9-22)27(31)20-30(24-10-6-3-7-11-24)35(32,33)25-14-12-23(28)13-15-25/h2,4-5,8-9,12-17,24H,3,6-7,10-11,18-20H2,1H3. The van der Waals surface area contributed by atoms with Gasteiger partial charge in [0.1, 0.15) is 0 Å². The van der Waals surface area contributed by atoms with Crippen molar-refractivity contribution in [2.45, 2.75) is 63.1 Å². The molecule has 35 heavy (non-hydrogen) atoms. The lowest BCUT2D eigenvalue weighted by atomic mass is 9.95. The van der Waals surface area contributed by atoms with Gasteiger partial charge >= 0.3 is 0 Å². The van der Waals surface area contributed by atoms with E-state index in [9.17, 15) is 13.2 Å². The van der Waals surface area contributed by atoms with Crippen LogP contribution in [-0.4, -0.2) is 36.1 Å². The molecule has 0 radical (unpaired) electrons. The summed E-state index contributed by atoms with van der Waals surface area (Å²) in [4.78, 5) is 16.9. The van der Waals surface area contributed by atoms with Gasteiger partial charge in [0.25, 0.3) is 0 Å². The lowest BCUT2D eigenvalue weighted by molar-refractivity contribution is -0.133. The fraction of sp³-hybridized carbons (Fsp3) is 0.370. The van der Waals surface area contributed by atoms with Gasteiger partial charge in [0.2, 0.25) is 15.9 Å². The molecule has 0 spiro atoms. The second-order valence-corrected chi connectivity index (χ2v) is 12.9. The Morgan fingerprint density at radius 2 is 1.66 bits per heavy atom. The van der Waals surface area contributed by atoms with Crippen LogP contribution < -0.4 is 0 Å². The van der Waals surface area contributed by atoms with Gasteiger partial charge in [-0.05, 0) is 66.6 Å². The highest BCUT2D eigenvalue weighted by Crippen LogP contribution is 2.29. The third kappa shape index (κ3) is 6.61. The van der Waals surface area contributed by atoms with E-state index >= 15 is 0 Å². The molecule has 0 saturated heterocycles. The first-order chi connectivity index (χ1) is 16.8. The third-order valence-electron chi connectivity index (χ3n) is 6.56. The quantitative estimate of drug-likeness (QED) is 0.298. The van der Waals surface area contributed by atoms with Crippen molar-refractivity contribution in [2.24, 2.45) is 0 Å². The van der Waals surface area contributed by atoms with E-state index in [1.54, 1.807) is 40.5 Å². The summed E-state index contributed by atoms with van der Waals surface area (Å²) in [6.07, 6.45) is 4.63. The molecule has 4 rings (SSSR count). The van der Waals surface area contributed by atoms with Gasteiger partial charge < -0.3 is 4.90 Å². The van der Waals surface area contributed by atoms with Gasteiger partial charge in [-0.15, -0.1) is 11.3 Å². The summed E-state index contributed by atoms with van der Waals surface area (Å²) in [6.45, 7) is 2.80. The van der Waals surface area contributed by atoms with Crippen molar-refractivity contribution in [1.82, 2.24) is 9.21 Å². The highest BCUT2D eigenvalue weighted by atomic mass is 79.9. The van der Waals surface area contributed by atoms with E-state index in [-0.39, 0.29) is 23.4 Å². The molecule has 1 aliphatic carbocycles. The molecule has 0 unspecified atom stereocenters. The number of carbonyl (C=O) groups excluding carboxylic acids is 1. The van der Waals surface area contributed by atoms with E-state index in [0.717, 1.165) is 52.6 Å². The van der Waals surface area contributed by atoms with E-state index in [2.05, 4.69) is 22.0 Å². The lowest BCUT2D eigenvalue weighted by Crippen LogP contribution is -2.47. The smallest absolute Gasteiger partial charge is 0.243 e. The zero-order valence-electron chi connectivity index (χ0n) is 19.9. The molecule has 0 N–H and O–H groups in total. The maximum Gasteiger partial charge on any atom is 0.243 e. The van der Waals surface area contributed by atoms with E-state index in [1.165, 1.54) is 4.31 Å². The van der Waals surface area contributed by atoms with Crippen molar-refractivity contribution in [3.63, 3.8) is 0 Å². The minimum Gasteiger partial charge on any atom is -0.332 e. The predicted molar refractivity (Wildman–Crippen MR) is 145 cm³/mol. The first-order valence-corrected chi connectivity index (χ1v) is 15.1. The number of carbonyl (C=O) groups is 1. The molecule has 1 heterocycles. The van der Waals surface area contributed by atoms with Gasteiger partial charge in [0, 0.05) is 21.9 Å². The monoisotopic (exact) mass is 574 g/mol. The minimum absolute atomic E-state index is 0.152. The average Bonchev–Trinajstić information content (AvgIpc) is 3.27. The zero-order valence-corrected chi connectivity index (χ0v) is 23.1. The molecule has 0 atom stereocenters. The number of halogens is 1. The van der Waals surface area contributed by atoms with Crippen molar-refractivity contribution >= 4 is 43.2 Å². The second kappa shape index (κ2) is 11.8. The Bertz CT molecular complexity index is 1220. The maximum atomic E-state index is 13.8. The fourth-order valence-corrected chi connectivity index (χ4v) is 7.35. The highest BCUT2D eigenvalue weighted by molar-refractivity contribution is 9.10. The Morgan fingerprint density at radius 1 is 0.971 bits per heavy atom. The van der Waals surface area contributed by atoms with Crippen LogP contribution in [0.2, 0.25) is 0 Å². The molecule has 1 aliphatic rings. The number of amides is 1. The molecule has 0 aliphatic heterocycles. The van der Waals surface area contributed by atoms with Crippen LogP contribution in [-0.2, 0) is 27.9 Å². The van der Waals surface area contributed by atoms with Gasteiger partial charge in [0.05, 0.1) is 18.0 Å². The minimum atomic E-state index is -3.82. The molecular weight excluding hydrogens is 544 g/mol. The SMILES string of the molecule is Cc1ccsc1CN(Cc1ccccc1)C(=O)CN(C1CCCCC1)S(=O)(=O)c1ccc(Br)cc1. The Balaban J connectivity index is 1.63. The Kier molecular flexibility index (Phi) is 8.81. The van der Waals surface area contributed by atoms with Crippen LogP contribution in [0.4, 0.5) is 0 Å². The summed E-state index contributed by atoms with van der Waals surface area (Å²) in [6, 6.07) is 18.4. The fourth-order valence-electron chi connectivity index (χ4n) is 4.53. The summed E-state index contributed by atoms with van der Waals surface area (Å²) < 4.78 is 29.8. The predicted octanol–water partition coefficient (Wildman–Crippen LogP) is 6.37. The molecule has 5 nitrogen and oxygen atoms in total. The maximum absolute atomic E-state index is 13.8. The first kappa shape index (κ1) is 26.1. The summed E-state index contributed by atoms with van der Waals surface area (Å²) in [5, 5.41) is 2.03. The molecule has 1 aromatic heterocycles. The summed E-state index contributed by atoms with van der Waals surface area (Å²) in [5.74, 6) is -0.173. The number of aryl methyl sites for hydroxylation is 1. The van der Waals surface area contributed by atoms with Gasteiger partial charge in [-0.2, -0.15) is 4.31 Å². The van der Waals surface area contributed by atoms with Crippen molar-refractivity contribution in [3.05, 3.63) is 86.5 Å². The topological polar surface area (TPSA) is 57.7 Å². The van der Waals surface area contributed by atoms with Crippen molar-refractivity contribution < 1.29 is 13.2 Å². The van der Waals surface area contributed by atoms with E-state index in [4.69, 9.17) is 0 Å². The summed E-state index contributed by atoms with van der Waals surface area (Å²) in [7, 11) is -3.82. The van der Waals surface area contributed by atoms with Crippen LogP contribution >= 0.6 is 27.3 Å². The normalized spacial score (nSPS) is 14.8. The lowest BCUT2D eigenvalue weighted by Gasteiger charge is -2.34. The van der Waals surface area contributed by atoms with Crippen molar-refractivity contribution in [2.75, 3.05) is 6.54 Å². The summed E-state index contributed by atoms with van der Waals surface area (Å²) in [5.41, 5.74) is 2.17. The van der Waals surface area contributed by atoms with Gasteiger partial charge in [-0.1, -0.05) is 65.5 Å². The average molecular weight is 576 g/mol. The molecule has 1 saturated carbocycles. The highest BCUT2D eigenvalue weighted by Gasteiger charge is 2.35. The van der Waals surface area contributed by atoms with Crippen LogP contribution in [0.3, 0.4) is 0 Å². The van der Waals surface area contributed by atoms with Gasteiger partial charge in [0.15, 0.2) is 0 Å². The number of rotatable bonds is 9. The molecular formula is C27H31BrN2O3S2. The molecule has 8 heteroatoms.